The van der Waals surface area contributed by atoms with Gasteiger partial charge in [0.05, 0.1) is 39.3 Å². The number of carbonyl (C=O) groups excluding carboxylic acids is 6. The molecule has 6 amide bonds. The van der Waals surface area contributed by atoms with Gasteiger partial charge in [0.15, 0.2) is 0 Å². The number of carbonyl (C=O) groups is 6. The van der Waals surface area contributed by atoms with Crippen LogP contribution in [-0.4, -0.2) is 145 Å². The summed E-state index contributed by atoms with van der Waals surface area (Å²) >= 11 is 0. The van der Waals surface area contributed by atoms with Crippen molar-refractivity contribution in [1.82, 2.24) is 29.8 Å². The van der Waals surface area contributed by atoms with Gasteiger partial charge in [-0.15, -0.1) is 0 Å². The number of unbranched alkanes of at least 4 members (excludes halogenated alkanes) is 45. The molecule has 0 bridgehead atoms. The lowest BCUT2D eigenvalue weighted by Crippen LogP contribution is -2.52. The fourth-order valence-corrected chi connectivity index (χ4v) is 12.1. The van der Waals surface area contributed by atoms with Gasteiger partial charge in [-0.1, -0.05) is 324 Å². The second-order valence-electron chi connectivity index (χ2n) is 26.4. The summed E-state index contributed by atoms with van der Waals surface area (Å²) in [7, 11) is 0. The minimum Gasteiger partial charge on any atom is -0.368 e. The van der Waals surface area contributed by atoms with E-state index in [0.717, 1.165) is 122 Å². The molecule has 0 aromatic heterocycles. The Balaban J connectivity index is 6.80. The summed E-state index contributed by atoms with van der Waals surface area (Å²) in [5, 5.41) is 3.15. The summed E-state index contributed by atoms with van der Waals surface area (Å²) in [5.41, 5.74) is 11.6. The standard InChI is InChI=1S/C74H146N8O6/c1-6-11-16-21-26-31-36-41-46-51-58-78(64-69(76)83)71(85)66-80(60-53-48-43-38-33-28-23-18-13-8-3)73(87)68-82(62-55-50-45-40-35-30-25-20-15-10-5)74(88)67-81(61-54-49-44-39-34-29-24-19-14-9-4)72(86)65-79(70(84)63-77-57-56-75)59-52-47-42-37-32-27-22-17-12-7-2/h77H,6-68,75H2,1-5H3,(H2,76,83). The molecule has 14 nitrogen and oxygen atoms in total. The van der Waals surface area contributed by atoms with Crippen LogP contribution in [0, 0.1) is 0 Å². The van der Waals surface area contributed by atoms with Crippen LogP contribution in [0.5, 0.6) is 0 Å². The predicted octanol–water partition coefficient (Wildman–Crippen LogP) is 16.8. The SMILES string of the molecule is CCCCCCCCCCCCN(CC(N)=O)C(=O)CN(CCCCCCCCCCCC)C(=O)CN(CCCCCCCCCCCC)C(=O)CN(CCCCCCCCCCCC)C(=O)CN(CCCCCCCCCCCC)C(=O)CNCCN. The quantitative estimate of drug-likeness (QED) is 0.0503. The van der Waals surface area contributed by atoms with E-state index in [9.17, 15) is 24.0 Å². The van der Waals surface area contributed by atoms with Crippen LogP contribution in [0.15, 0.2) is 0 Å². The Labute approximate surface area is 543 Å². The Morgan fingerprint density at radius 2 is 0.420 bits per heavy atom. The fourth-order valence-electron chi connectivity index (χ4n) is 12.1. The zero-order valence-corrected chi connectivity index (χ0v) is 58.9. The second-order valence-corrected chi connectivity index (χ2v) is 26.4. The Hall–Kier alpha value is -3.26. The number of hydrogen-bond donors (Lipinski definition) is 3. The molecule has 14 heteroatoms. The summed E-state index contributed by atoms with van der Waals surface area (Å²) in [6.07, 6.45) is 57.2. The Morgan fingerprint density at radius 3 is 0.602 bits per heavy atom. The van der Waals surface area contributed by atoms with Crippen molar-refractivity contribution in [3.05, 3.63) is 0 Å². The minimum absolute atomic E-state index is 0.0894. The van der Waals surface area contributed by atoms with Gasteiger partial charge < -0.3 is 41.3 Å². The zero-order valence-electron chi connectivity index (χ0n) is 58.9. The first-order chi connectivity index (χ1) is 43.0. The molecular formula is C74H146N8O6. The van der Waals surface area contributed by atoms with Gasteiger partial charge in [0, 0.05) is 45.8 Å². The summed E-state index contributed by atoms with van der Waals surface area (Å²) in [6.45, 7) is 13.3. The van der Waals surface area contributed by atoms with Gasteiger partial charge in [-0.2, -0.15) is 0 Å². The summed E-state index contributed by atoms with van der Waals surface area (Å²) in [4.78, 5) is 93.6. The van der Waals surface area contributed by atoms with Crippen LogP contribution in [0.3, 0.4) is 0 Å². The number of nitrogens with one attached hydrogen (secondary N) is 1. The van der Waals surface area contributed by atoms with Gasteiger partial charge in [0.25, 0.3) is 0 Å². The van der Waals surface area contributed by atoms with E-state index in [1.165, 1.54) is 204 Å². The maximum Gasteiger partial charge on any atom is 0.242 e. The molecule has 5 N–H and O–H groups in total. The van der Waals surface area contributed by atoms with E-state index in [4.69, 9.17) is 11.5 Å². The normalized spacial score (nSPS) is 11.3. The first-order valence-corrected chi connectivity index (χ1v) is 38.1. The maximum atomic E-state index is 15.1. The average Bonchev–Trinajstić information content (AvgIpc) is 3.71. The van der Waals surface area contributed by atoms with Crippen LogP contribution >= 0.6 is 0 Å². The summed E-state index contributed by atoms with van der Waals surface area (Å²) in [5.74, 6) is -1.86. The number of hydrogen-bond acceptors (Lipinski definition) is 8. The molecule has 518 valence electrons. The first kappa shape index (κ1) is 84.7. The highest BCUT2D eigenvalue weighted by molar-refractivity contribution is 5.92. The van der Waals surface area contributed by atoms with E-state index in [1.807, 2.05) is 0 Å². The lowest BCUT2D eigenvalue weighted by molar-refractivity contribution is -0.147. The number of rotatable bonds is 69. The summed E-state index contributed by atoms with van der Waals surface area (Å²) in [6, 6.07) is 0. The van der Waals surface area contributed by atoms with Crippen molar-refractivity contribution in [2.75, 3.05) is 85.1 Å². The van der Waals surface area contributed by atoms with Crippen molar-refractivity contribution in [2.24, 2.45) is 11.5 Å². The third-order valence-electron chi connectivity index (χ3n) is 17.9. The third kappa shape index (κ3) is 53.4. The first-order valence-electron chi connectivity index (χ1n) is 38.1. The van der Waals surface area contributed by atoms with Crippen LogP contribution in [0.2, 0.25) is 0 Å². The van der Waals surface area contributed by atoms with Crippen LogP contribution in [0.25, 0.3) is 0 Å². The lowest BCUT2D eigenvalue weighted by atomic mass is 10.1. The molecule has 0 spiro atoms. The molecule has 0 aliphatic rings. The Morgan fingerprint density at radius 1 is 0.250 bits per heavy atom. The van der Waals surface area contributed by atoms with Crippen LogP contribution in [-0.2, 0) is 28.8 Å². The number of nitrogens with zero attached hydrogens (tertiary/aromatic N) is 5. The number of primary amides is 1. The molecule has 0 aliphatic heterocycles. The van der Waals surface area contributed by atoms with Gasteiger partial charge >= 0.3 is 0 Å². The van der Waals surface area contributed by atoms with Crippen molar-refractivity contribution < 1.29 is 28.8 Å². The minimum atomic E-state index is -0.576. The van der Waals surface area contributed by atoms with E-state index in [1.54, 1.807) is 19.6 Å². The van der Waals surface area contributed by atoms with E-state index >= 15 is 4.79 Å². The van der Waals surface area contributed by atoms with Crippen molar-refractivity contribution in [1.29, 1.82) is 0 Å². The van der Waals surface area contributed by atoms with E-state index < -0.39 is 5.91 Å². The topological polar surface area (TPSA) is 183 Å². The third-order valence-corrected chi connectivity index (χ3v) is 17.9. The molecule has 0 heterocycles. The monoisotopic (exact) mass is 1240 g/mol. The molecule has 0 fully saturated rings. The highest BCUT2D eigenvalue weighted by atomic mass is 16.2. The zero-order chi connectivity index (χ0) is 64.6. The van der Waals surface area contributed by atoms with E-state index in [0.29, 0.717) is 45.8 Å². The molecular weight excluding hydrogens is 1100 g/mol. The molecule has 0 radical (unpaired) electrons. The summed E-state index contributed by atoms with van der Waals surface area (Å²) < 4.78 is 0. The van der Waals surface area contributed by atoms with Gasteiger partial charge in [0.2, 0.25) is 35.4 Å². The van der Waals surface area contributed by atoms with Crippen molar-refractivity contribution in [3.8, 4) is 0 Å². The fraction of sp³-hybridized carbons (Fsp3) is 0.919. The maximum absolute atomic E-state index is 15.1. The molecule has 0 aliphatic carbocycles. The molecule has 0 atom stereocenters. The van der Waals surface area contributed by atoms with Crippen molar-refractivity contribution in [2.45, 2.75) is 356 Å². The van der Waals surface area contributed by atoms with E-state index in [2.05, 4.69) is 39.9 Å². The lowest BCUT2D eigenvalue weighted by Gasteiger charge is -2.32. The predicted molar refractivity (Wildman–Crippen MR) is 373 cm³/mol. The molecule has 0 aromatic carbocycles. The van der Waals surface area contributed by atoms with Gasteiger partial charge in [-0.3, -0.25) is 28.8 Å². The van der Waals surface area contributed by atoms with Gasteiger partial charge in [-0.05, 0) is 32.1 Å². The second kappa shape index (κ2) is 65.2. The van der Waals surface area contributed by atoms with Crippen molar-refractivity contribution in [3.63, 3.8) is 0 Å². The molecule has 88 heavy (non-hydrogen) atoms. The number of amides is 6. The molecule has 0 saturated carbocycles. The number of nitrogens with two attached hydrogens (primary N) is 2. The van der Waals surface area contributed by atoms with Crippen LogP contribution in [0.4, 0.5) is 0 Å². The van der Waals surface area contributed by atoms with Crippen molar-refractivity contribution >= 4 is 35.4 Å². The molecule has 0 saturated heterocycles. The van der Waals surface area contributed by atoms with E-state index in [-0.39, 0.29) is 68.8 Å². The van der Waals surface area contributed by atoms with Gasteiger partial charge in [-0.25, -0.2) is 0 Å². The average molecular weight is 1240 g/mol. The van der Waals surface area contributed by atoms with Crippen LogP contribution in [0.1, 0.15) is 356 Å². The Kier molecular flexibility index (Phi) is 62.8. The largest absolute Gasteiger partial charge is 0.368 e. The van der Waals surface area contributed by atoms with Crippen LogP contribution < -0.4 is 16.8 Å². The van der Waals surface area contributed by atoms with Gasteiger partial charge in [0.1, 0.15) is 0 Å². The highest BCUT2D eigenvalue weighted by Gasteiger charge is 2.29. The molecule has 0 aromatic rings. The highest BCUT2D eigenvalue weighted by Crippen LogP contribution is 2.18. The Bertz CT molecular complexity index is 1620. The molecule has 0 unspecified atom stereocenters. The smallest absolute Gasteiger partial charge is 0.242 e. The molecule has 0 rings (SSSR count).